The molecule has 0 heterocycles. The molecule has 5 atom stereocenters. The molecule has 2 rings (SSSR count). The zero-order valence-corrected chi connectivity index (χ0v) is 30.9. The molecule has 2 saturated carbocycles. The average Bonchev–Trinajstić information content (AvgIpc) is 2.99. The van der Waals surface area contributed by atoms with Gasteiger partial charge in [0.2, 0.25) is 27.7 Å². The van der Waals surface area contributed by atoms with Crippen molar-refractivity contribution in [3.05, 3.63) is 0 Å². The van der Waals surface area contributed by atoms with Gasteiger partial charge in [-0.15, -0.1) is 4.83 Å². The van der Waals surface area contributed by atoms with Crippen molar-refractivity contribution in [2.75, 3.05) is 46.0 Å². The van der Waals surface area contributed by atoms with Gasteiger partial charge < -0.3 is 25.3 Å². The number of carbonyl (C=O) groups is 3. The number of aliphatic hydroxyl groups excluding tert-OH is 2. The summed E-state index contributed by atoms with van der Waals surface area (Å²) in [4.78, 5) is 47.0. The third-order valence-electron chi connectivity index (χ3n) is 9.43. The molecular formula is C34H65N5O7S. The first-order valence-electron chi connectivity index (χ1n) is 18.0. The number of aliphatic hydroxyl groups is 2. The van der Waals surface area contributed by atoms with Gasteiger partial charge in [-0.3, -0.25) is 14.4 Å². The van der Waals surface area contributed by atoms with E-state index >= 15 is 0 Å². The summed E-state index contributed by atoms with van der Waals surface area (Å²) in [5.41, 5.74) is 0. The average molecular weight is 688 g/mol. The summed E-state index contributed by atoms with van der Waals surface area (Å²) in [5, 5.41) is 26.3. The van der Waals surface area contributed by atoms with Crippen LogP contribution in [0, 0.1) is 29.6 Å². The van der Waals surface area contributed by atoms with E-state index in [1.54, 1.807) is 14.1 Å². The van der Waals surface area contributed by atoms with Crippen LogP contribution in [0.1, 0.15) is 105 Å². The van der Waals surface area contributed by atoms with E-state index in [0.29, 0.717) is 64.6 Å². The minimum absolute atomic E-state index is 0.0102. The van der Waals surface area contributed by atoms with Gasteiger partial charge in [0.05, 0.1) is 24.0 Å². The van der Waals surface area contributed by atoms with Gasteiger partial charge in [-0.25, -0.2) is 13.4 Å². The molecule has 5 unspecified atom stereocenters. The quantitative estimate of drug-likeness (QED) is 0.151. The number of amides is 3. The van der Waals surface area contributed by atoms with Crippen LogP contribution in [0.25, 0.3) is 0 Å². The van der Waals surface area contributed by atoms with Crippen molar-refractivity contribution in [3.8, 4) is 0 Å². The molecule has 12 nitrogen and oxygen atoms in total. The number of nitrogens with one attached hydrogen (secondary N) is 2. The van der Waals surface area contributed by atoms with Crippen LogP contribution in [-0.4, -0.2) is 115 Å². The van der Waals surface area contributed by atoms with E-state index in [0.717, 1.165) is 25.7 Å². The van der Waals surface area contributed by atoms with Crippen molar-refractivity contribution in [2.24, 2.45) is 29.6 Å². The summed E-state index contributed by atoms with van der Waals surface area (Å²) in [7, 11) is -0.243. The van der Waals surface area contributed by atoms with Crippen LogP contribution in [-0.2, 0) is 24.4 Å². The first-order chi connectivity index (χ1) is 22.1. The van der Waals surface area contributed by atoms with Crippen molar-refractivity contribution in [3.63, 3.8) is 0 Å². The lowest BCUT2D eigenvalue weighted by Gasteiger charge is -2.38. The third-order valence-corrected chi connectivity index (χ3v) is 11.1. The Morgan fingerprint density at radius 1 is 0.830 bits per heavy atom. The Morgan fingerprint density at radius 2 is 1.36 bits per heavy atom. The molecule has 13 heteroatoms. The largest absolute Gasteiger partial charge is 0.393 e. The van der Waals surface area contributed by atoms with E-state index in [-0.39, 0.29) is 48.0 Å². The second-order valence-electron chi connectivity index (χ2n) is 14.7. The Balaban J connectivity index is 2.32. The summed E-state index contributed by atoms with van der Waals surface area (Å²) < 4.78 is 25.5. The number of hydrogen-bond donors (Lipinski definition) is 4. The summed E-state index contributed by atoms with van der Waals surface area (Å²) in [6.07, 6.45) is 5.27. The Labute approximate surface area is 284 Å². The molecule has 3 amide bonds. The van der Waals surface area contributed by atoms with Crippen LogP contribution in [0.15, 0.2) is 0 Å². The summed E-state index contributed by atoms with van der Waals surface area (Å²) in [6, 6.07) is -0.674. The van der Waals surface area contributed by atoms with Gasteiger partial charge >= 0.3 is 0 Å². The maximum absolute atomic E-state index is 14.1. The Hall–Kier alpha value is -1.80. The van der Waals surface area contributed by atoms with Crippen LogP contribution < -0.4 is 10.1 Å². The zero-order valence-electron chi connectivity index (χ0n) is 30.1. The smallest absolute Gasteiger partial charge is 0.225 e. The van der Waals surface area contributed by atoms with Crippen LogP contribution in [0.4, 0.5) is 0 Å². The summed E-state index contributed by atoms with van der Waals surface area (Å²) in [5.74, 6) is -1.85. The molecule has 0 radical (unpaired) electrons. The molecular weight excluding hydrogens is 622 g/mol. The van der Waals surface area contributed by atoms with Crippen LogP contribution >= 0.6 is 0 Å². The normalized spacial score (nSPS) is 25.0. The molecule has 0 aromatic heterocycles. The molecule has 0 aromatic carbocycles. The zero-order chi connectivity index (χ0) is 35.3. The maximum atomic E-state index is 14.1. The molecule has 0 saturated heterocycles. The van der Waals surface area contributed by atoms with Crippen LogP contribution in [0.5, 0.6) is 0 Å². The Bertz CT molecular complexity index is 1070. The van der Waals surface area contributed by atoms with Crippen molar-refractivity contribution in [2.45, 2.75) is 123 Å². The van der Waals surface area contributed by atoms with Crippen molar-refractivity contribution in [1.29, 1.82) is 0 Å². The van der Waals surface area contributed by atoms with Crippen LogP contribution in [0.2, 0.25) is 0 Å². The molecule has 4 N–H and O–H groups in total. The highest BCUT2D eigenvalue weighted by molar-refractivity contribution is 7.89. The Morgan fingerprint density at radius 3 is 1.87 bits per heavy atom. The van der Waals surface area contributed by atoms with E-state index < -0.39 is 39.9 Å². The van der Waals surface area contributed by atoms with E-state index in [1.165, 1.54) is 9.91 Å². The monoisotopic (exact) mass is 687 g/mol. The van der Waals surface area contributed by atoms with Crippen molar-refractivity contribution < 1.29 is 33.0 Å². The highest BCUT2D eigenvalue weighted by Crippen LogP contribution is 2.36. The van der Waals surface area contributed by atoms with Crippen molar-refractivity contribution >= 4 is 27.7 Å². The van der Waals surface area contributed by atoms with E-state index in [2.05, 4.69) is 10.1 Å². The number of hydrazine groups is 1. The predicted octanol–water partition coefficient (Wildman–Crippen LogP) is 2.75. The number of hydrogen-bond acceptors (Lipinski definition) is 8. The molecule has 274 valence electrons. The van der Waals surface area contributed by atoms with E-state index in [4.69, 9.17) is 0 Å². The third kappa shape index (κ3) is 13.9. The van der Waals surface area contributed by atoms with E-state index in [9.17, 15) is 33.0 Å². The number of carbonyl (C=O) groups excluding carboxylic acids is 3. The fourth-order valence-electron chi connectivity index (χ4n) is 7.25. The molecule has 2 fully saturated rings. The number of rotatable bonds is 19. The van der Waals surface area contributed by atoms with Gasteiger partial charge in [0.1, 0.15) is 0 Å². The molecule has 0 spiro atoms. The van der Waals surface area contributed by atoms with Gasteiger partial charge in [-0.05, 0) is 82.5 Å². The molecule has 2 aliphatic carbocycles. The van der Waals surface area contributed by atoms with Gasteiger partial charge in [0.15, 0.2) is 0 Å². The second-order valence-corrected chi connectivity index (χ2v) is 16.4. The lowest BCUT2D eigenvalue weighted by molar-refractivity contribution is -0.143. The molecule has 47 heavy (non-hydrogen) atoms. The topological polar surface area (TPSA) is 160 Å². The first-order valence-corrected chi connectivity index (χ1v) is 19.7. The Kier molecular flexibility index (Phi) is 17.6. The number of sulfonamides is 1. The van der Waals surface area contributed by atoms with Gasteiger partial charge in [0, 0.05) is 58.0 Å². The second kappa shape index (κ2) is 20.0. The SMILES string of the molecule is CCCN(CC(O)C(CC1CCC(O)CC1)NC(=O)C1CC(C(=O)N(C)C)CC(C(=O)N(CCC)CCC)C1)NS(=O)(=O)CC(C)C. The fraction of sp³-hybridized carbons (Fsp3) is 0.912. The standard InChI is InChI=1S/C34H65N5O7S/c1-8-15-38(16-9-2)34(44)28-20-26(19-27(21-28)33(43)37(6)7)32(42)35-30(18-25-11-13-29(40)14-12-25)31(41)22-39(17-10-3)36-47(45,46)23-24(4)5/h24-31,36,40-41H,8-23H2,1-7H3,(H,35,42). The fourth-order valence-corrected chi connectivity index (χ4v) is 8.77. The lowest BCUT2D eigenvalue weighted by Crippen LogP contribution is -2.55. The summed E-state index contributed by atoms with van der Waals surface area (Å²) in [6.45, 7) is 11.3. The maximum Gasteiger partial charge on any atom is 0.225 e. The predicted molar refractivity (Wildman–Crippen MR) is 184 cm³/mol. The number of nitrogens with zero attached hydrogens (tertiary/aromatic N) is 3. The van der Waals surface area contributed by atoms with E-state index in [1.807, 2.05) is 39.5 Å². The van der Waals surface area contributed by atoms with Gasteiger partial charge in [-0.1, -0.05) is 34.6 Å². The van der Waals surface area contributed by atoms with Crippen molar-refractivity contribution in [1.82, 2.24) is 25.0 Å². The van der Waals surface area contributed by atoms with Crippen LogP contribution in [0.3, 0.4) is 0 Å². The molecule has 2 aliphatic rings. The molecule has 0 bridgehead atoms. The highest BCUT2D eigenvalue weighted by atomic mass is 32.2. The molecule has 0 aromatic rings. The molecule has 0 aliphatic heterocycles. The van der Waals surface area contributed by atoms with Gasteiger partial charge in [0.25, 0.3) is 0 Å². The van der Waals surface area contributed by atoms with Gasteiger partial charge in [-0.2, -0.15) is 0 Å². The highest BCUT2D eigenvalue weighted by Gasteiger charge is 2.41. The minimum atomic E-state index is -3.62. The first kappa shape index (κ1) is 41.4. The lowest BCUT2D eigenvalue weighted by atomic mass is 9.73. The minimum Gasteiger partial charge on any atom is -0.393 e. The summed E-state index contributed by atoms with van der Waals surface area (Å²) >= 11 is 0.